The monoisotopic (exact) mass is 244 g/mol. The van der Waals surface area contributed by atoms with Crippen LogP contribution in [0.4, 0.5) is 0 Å². The molecule has 0 radical (unpaired) electrons. The molecule has 0 aromatic carbocycles. The van der Waals surface area contributed by atoms with Gasteiger partial charge in [-0.1, -0.05) is 6.07 Å². The van der Waals surface area contributed by atoms with E-state index >= 15 is 0 Å². The number of hydrogen-bond acceptors (Lipinski definition) is 4. The SMILES string of the molecule is CC1CN(C)C(CC#N)CN1Cc1cccnc1. The van der Waals surface area contributed by atoms with Gasteiger partial charge in [0.25, 0.3) is 0 Å². The fraction of sp³-hybridized carbons (Fsp3) is 0.571. The summed E-state index contributed by atoms with van der Waals surface area (Å²) >= 11 is 0. The lowest BCUT2D eigenvalue weighted by Crippen LogP contribution is -2.55. The first-order chi connectivity index (χ1) is 8.70. The van der Waals surface area contributed by atoms with Gasteiger partial charge in [0.05, 0.1) is 12.5 Å². The van der Waals surface area contributed by atoms with Gasteiger partial charge >= 0.3 is 0 Å². The van der Waals surface area contributed by atoms with Crippen LogP contribution in [0.1, 0.15) is 18.9 Å². The Morgan fingerprint density at radius 3 is 3.00 bits per heavy atom. The zero-order valence-electron chi connectivity index (χ0n) is 11.1. The van der Waals surface area contributed by atoms with Crippen LogP contribution in [0.5, 0.6) is 0 Å². The molecule has 1 aliphatic heterocycles. The van der Waals surface area contributed by atoms with Gasteiger partial charge < -0.3 is 0 Å². The summed E-state index contributed by atoms with van der Waals surface area (Å²) < 4.78 is 0. The zero-order valence-corrected chi connectivity index (χ0v) is 11.1. The highest BCUT2D eigenvalue weighted by Crippen LogP contribution is 2.18. The van der Waals surface area contributed by atoms with Gasteiger partial charge in [-0.25, -0.2) is 0 Å². The van der Waals surface area contributed by atoms with E-state index in [1.807, 2.05) is 12.3 Å². The van der Waals surface area contributed by atoms with Crippen molar-refractivity contribution in [1.29, 1.82) is 5.26 Å². The van der Waals surface area contributed by atoms with Crippen molar-refractivity contribution in [2.45, 2.75) is 32.0 Å². The number of hydrogen-bond donors (Lipinski definition) is 0. The van der Waals surface area contributed by atoms with Crippen molar-refractivity contribution < 1.29 is 0 Å². The van der Waals surface area contributed by atoms with Gasteiger partial charge in [0.1, 0.15) is 0 Å². The topological polar surface area (TPSA) is 43.2 Å². The minimum atomic E-state index is 0.350. The fourth-order valence-corrected chi connectivity index (χ4v) is 2.54. The Kier molecular flexibility index (Phi) is 4.29. The second kappa shape index (κ2) is 5.94. The summed E-state index contributed by atoms with van der Waals surface area (Å²) in [4.78, 5) is 8.90. The smallest absolute Gasteiger partial charge is 0.0638 e. The Morgan fingerprint density at radius 2 is 2.33 bits per heavy atom. The molecule has 2 atom stereocenters. The number of nitrogens with zero attached hydrogens (tertiary/aromatic N) is 4. The Morgan fingerprint density at radius 1 is 1.50 bits per heavy atom. The summed E-state index contributed by atoms with van der Waals surface area (Å²) in [5, 5.41) is 8.87. The molecule has 1 saturated heterocycles. The van der Waals surface area contributed by atoms with Crippen LogP contribution in [-0.2, 0) is 6.54 Å². The molecule has 0 aliphatic carbocycles. The lowest BCUT2D eigenvalue weighted by atomic mass is 10.1. The highest BCUT2D eigenvalue weighted by atomic mass is 15.3. The maximum Gasteiger partial charge on any atom is 0.0638 e. The van der Waals surface area contributed by atoms with Crippen molar-refractivity contribution in [3.8, 4) is 6.07 Å². The Balaban J connectivity index is 2.01. The van der Waals surface area contributed by atoms with E-state index in [-0.39, 0.29) is 0 Å². The molecule has 4 nitrogen and oxygen atoms in total. The predicted molar refractivity (Wildman–Crippen MR) is 70.8 cm³/mol. The minimum absolute atomic E-state index is 0.350. The second-order valence-electron chi connectivity index (χ2n) is 5.10. The molecule has 2 heterocycles. The highest BCUT2D eigenvalue weighted by molar-refractivity contribution is 5.09. The summed E-state index contributed by atoms with van der Waals surface area (Å²) in [5.41, 5.74) is 1.24. The van der Waals surface area contributed by atoms with Crippen molar-refractivity contribution >= 4 is 0 Å². The molecule has 0 amide bonds. The van der Waals surface area contributed by atoms with Crippen molar-refractivity contribution in [1.82, 2.24) is 14.8 Å². The Bertz CT molecular complexity index is 412. The summed E-state index contributed by atoms with van der Waals surface area (Å²) in [6.45, 7) is 5.15. The van der Waals surface area contributed by atoms with Crippen LogP contribution in [0.15, 0.2) is 24.5 Å². The van der Waals surface area contributed by atoms with Crippen LogP contribution in [0.3, 0.4) is 0 Å². The quantitative estimate of drug-likeness (QED) is 0.808. The average Bonchev–Trinajstić information content (AvgIpc) is 2.37. The molecule has 0 spiro atoms. The predicted octanol–water partition coefficient (Wildman–Crippen LogP) is 1.50. The van der Waals surface area contributed by atoms with E-state index in [1.165, 1.54) is 5.56 Å². The first kappa shape index (κ1) is 13.0. The van der Waals surface area contributed by atoms with Crippen LogP contribution in [0.25, 0.3) is 0 Å². The van der Waals surface area contributed by atoms with Crippen molar-refractivity contribution in [2.24, 2.45) is 0 Å². The first-order valence-electron chi connectivity index (χ1n) is 6.41. The van der Waals surface area contributed by atoms with E-state index in [2.05, 4.69) is 40.9 Å². The molecule has 96 valence electrons. The molecule has 1 aliphatic rings. The fourth-order valence-electron chi connectivity index (χ4n) is 2.54. The van der Waals surface area contributed by atoms with Gasteiger partial charge in [0.2, 0.25) is 0 Å². The molecule has 0 bridgehead atoms. The molecule has 4 heteroatoms. The van der Waals surface area contributed by atoms with Gasteiger partial charge in [0.15, 0.2) is 0 Å². The molecule has 1 aromatic rings. The average molecular weight is 244 g/mol. The molecule has 0 N–H and O–H groups in total. The van der Waals surface area contributed by atoms with E-state index in [0.29, 0.717) is 18.5 Å². The van der Waals surface area contributed by atoms with Gasteiger partial charge in [-0.3, -0.25) is 14.8 Å². The molecular formula is C14H20N4. The van der Waals surface area contributed by atoms with Crippen LogP contribution in [-0.4, -0.2) is 47.0 Å². The largest absolute Gasteiger partial charge is 0.300 e. The third-order valence-electron chi connectivity index (χ3n) is 3.68. The highest BCUT2D eigenvalue weighted by Gasteiger charge is 2.28. The Hall–Kier alpha value is -1.44. The number of aromatic nitrogens is 1. The van der Waals surface area contributed by atoms with E-state index < -0.39 is 0 Å². The van der Waals surface area contributed by atoms with Crippen molar-refractivity contribution in [3.63, 3.8) is 0 Å². The molecule has 0 saturated carbocycles. The van der Waals surface area contributed by atoms with Crippen LogP contribution in [0, 0.1) is 11.3 Å². The van der Waals surface area contributed by atoms with Crippen LogP contribution < -0.4 is 0 Å². The minimum Gasteiger partial charge on any atom is -0.300 e. The number of likely N-dealkylation sites (N-methyl/N-ethyl adjacent to an activating group) is 1. The van der Waals surface area contributed by atoms with E-state index in [4.69, 9.17) is 5.26 Å². The zero-order chi connectivity index (χ0) is 13.0. The lowest BCUT2D eigenvalue weighted by Gasteiger charge is -2.43. The molecule has 2 unspecified atom stereocenters. The maximum atomic E-state index is 8.87. The van der Waals surface area contributed by atoms with Gasteiger partial charge in [-0.2, -0.15) is 5.26 Å². The van der Waals surface area contributed by atoms with Gasteiger partial charge in [0, 0.05) is 44.1 Å². The molecular weight excluding hydrogens is 224 g/mol. The standard InChI is InChI=1S/C14H20N4/c1-12-9-17(2)14(5-6-15)11-18(12)10-13-4-3-7-16-8-13/h3-4,7-8,12,14H,5,9-11H2,1-2H3. The van der Waals surface area contributed by atoms with Crippen LogP contribution >= 0.6 is 0 Å². The number of nitriles is 1. The van der Waals surface area contributed by atoms with Crippen molar-refractivity contribution in [3.05, 3.63) is 30.1 Å². The van der Waals surface area contributed by atoms with E-state index in [1.54, 1.807) is 6.20 Å². The summed E-state index contributed by atoms with van der Waals surface area (Å²) in [6.07, 6.45) is 4.33. The lowest BCUT2D eigenvalue weighted by molar-refractivity contribution is 0.0487. The molecule has 1 fully saturated rings. The maximum absolute atomic E-state index is 8.87. The summed E-state index contributed by atoms with van der Waals surface area (Å²) in [6, 6.07) is 7.24. The third-order valence-corrected chi connectivity index (χ3v) is 3.68. The summed E-state index contributed by atoms with van der Waals surface area (Å²) in [7, 11) is 2.11. The van der Waals surface area contributed by atoms with Gasteiger partial charge in [-0.05, 0) is 25.6 Å². The molecule has 2 rings (SSSR count). The molecule has 1 aromatic heterocycles. The Labute approximate surface area is 109 Å². The first-order valence-corrected chi connectivity index (χ1v) is 6.41. The van der Waals surface area contributed by atoms with Gasteiger partial charge in [-0.15, -0.1) is 0 Å². The van der Waals surface area contributed by atoms with E-state index in [9.17, 15) is 0 Å². The van der Waals surface area contributed by atoms with Crippen molar-refractivity contribution in [2.75, 3.05) is 20.1 Å². The number of rotatable bonds is 3. The number of pyridine rings is 1. The number of piperazine rings is 1. The summed E-state index contributed by atoms with van der Waals surface area (Å²) in [5.74, 6) is 0. The molecule has 18 heavy (non-hydrogen) atoms. The second-order valence-corrected chi connectivity index (χ2v) is 5.10. The van der Waals surface area contributed by atoms with Crippen LogP contribution in [0.2, 0.25) is 0 Å². The normalized spacial score (nSPS) is 25.8. The third kappa shape index (κ3) is 3.06. The van der Waals surface area contributed by atoms with E-state index in [0.717, 1.165) is 19.6 Å².